The Morgan fingerprint density at radius 2 is 1.84 bits per heavy atom. The molecule has 1 aromatic heterocycles. The van der Waals surface area contributed by atoms with Crippen molar-refractivity contribution < 1.29 is 14.3 Å². The van der Waals surface area contributed by atoms with E-state index >= 15 is 0 Å². The predicted molar refractivity (Wildman–Crippen MR) is 124 cm³/mol. The molecule has 0 bridgehead atoms. The van der Waals surface area contributed by atoms with Crippen molar-refractivity contribution in [2.24, 2.45) is 0 Å². The first-order valence-corrected chi connectivity index (χ1v) is 10.8. The number of rotatable bonds is 7. The standard InChI is InChI=1S/C24H27N5O3/c1-32-23(30)18-9-10-22(28-14-5-6-15-28)21(17-18)26-24(31)25-13-11-19-12-16-29(27-19)20-7-3-2-4-8-20/h2-4,7-10,12,16-17H,5-6,11,13-15H2,1H3,(H2,25,26,31). The number of nitrogens with one attached hydrogen (secondary N) is 2. The molecule has 8 heteroatoms. The van der Waals surface area contributed by atoms with Gasteiger partial charge < -0.3 is 20.3 Å². The Morgan fingerprint density at radius 3 is 2.59 bits per heavy atom. The second-order valence-corrected chi connectivity index (χ2v) is 7.64. The van der Waals surface area contributed by atoms with Gasteiger partial charge in [-0.2, -0.15) is 5.10 Å². The van der Waals surface area contributed by atoms with Crippen molar-refractivity contribution in [2.45, 2.75) is 19.3 Å². The number of urea groups is 1. The van der Waals surface area contributed by atoms with Gasteiger partial charge in [-0.1, -0.05) is 18.2 Å². The van der Waals surface area contributed by atoms with E-state index in [9.17, 15) is 9.59 Å². The molecule has 0 unspecified atom stereocenters. The monoisotopic (exact) mass is 433 g/mol. The highest BCUT2D eigenvalue weighted by Crippen LogP contribution is 2.30. The molecule has 166 valence electrons. The first kappa shape index (κ1) is 21.4. The van der Waals surface area contributed by atoms with Crippen molar-refractivity contribution in [2.75, 3.05) is 37.0 Å². The molecule has 32 heavy (non-hydrogen) atoms. The Hall–Kier alpha value is -3.81. The Bertz CT molecular complexity index is 1070. The summed E-state index contributed by atoms with van der Waals surface area (Å²) in [7, 11) is 1.34. The average molecular weight is 434 g/mol. The highest BCUT2D eigenvalue weighted by atomic mass is 16.5. The first-order chi connectivity index (χ1) is 15.6. The third-order valence-corrected chi connectivity index (χ3v) is 5.44. The largest absolute Gasteiger partial charge is 0.465 e. The molecular weight excluding hydrogens is 406 g/mol. The van der Waals surface area contributed by atoms with Crippen LogP contribution >= 0.6 is 0 Å². The number of carbonyl (C=O) groups is 2. The number of hydrogen-bond acceptors (Lipinski definition) is 5. The van der Waals surface area contributed by atoms with E-state index in [4.69, 9.17) is 4.74 Å². The lowest BCUT2D eigenvalue weighted by atomic mass is 10.1. The average Bonchev–Trinajstić information content (AvgIpc) is 3.52. The zero-order valence-electron chi connectivity index (χ0n) is 18.1. The number of nitrogens with zero attached hydrogens (tertiary/aromatic N) is 3. The summed E-state index contributed by atoms with van der Waals surface area (Å²) in [6.45, 7) is 2.29. The minimum atomic E-state index is -0.435. The number of benzene rings is 2. The van der Waals surface area contributed by atoms with Gasteiger partial charge in [0, 0.05) is 32.3 Å². The van der Waals surface area contributed by atoms with E-state index in [-0.39, 0.29) is 6.03 Å². The van der Waals surface area contributed by atoms with Gasteiger partial charge in [-0.15, -0.1) is 0 Å². The Balaban J connectivity index is 1.37. The van der Waals surface area contributed by atoms with E-state index in [1.807, 2.05) is 53.3 Å². The fourth-order valence-electron chi connectivity index (χ4n) is 3.80. The van der Waals surface area contributed by atoms with Crippen molar-refractivity contribution in [1.29, 1.82) is 0 Å². The highest BCUT2D eigenvalue weighted by Gasteiger charge is 2.19. The van der Waals surface area contributed by atoms with Crippen LogP contribution in [-0.2, 0) is 11.2 Å². The van der Waals surface area contributed by atoms with Gasteiger partial charge in [-0.25, -0.2) is 14.3 Å². The normalized spacial score (nSPS) is 13.1. The topological polar surface area (TPSA) is 88.5 Å². The smallest absolute Gasteiger partial charge is 0.337 e. The fourth-order valence-corrected chi connectivity index (χ4v) is 3.80. The second-order valence-electron chi connectivity index (χ2n) is 7.64. The third-order valence-electron chi connectivity index (χ3n) is 5.44. The number of ether oxygens (including phenoxy) is 1. The van der Waals surface area contributed by atoms with Gasteiger partial charge in [0.1, 0.15) is 0 Å². The van der Waals surface area contributed by atoms with Crippen LogP contribution in [0, 0.1) is 0 Å². The molecule has 2 heterocycles. The van der Waals surface area contributed by atoms with Crippen LogP contribution < -0.4 is 15.5 Å². The number of aromatic nitrogens is 2. The van der Waals surface area contributed by atoms with Crippen LogP contribution in [0.15, 0.2) is 60.8 Å². The third kappa shape index (κ3) is 5.08. The molecule has 3 aromatic rings. The number of hydrogen-bond donors (Lipinski definition) is 2. The fraction of sp³-hybridized carbons (Fsp3) is 0.292. The van der Waals surface area contributed by atoms with Gasteiger partial charge >= 0.3 is 12.0 Å². The van der Waals surface area contributed by atoms with Crippen molar-refractivity contribution >= 4 is 23.4 Å². The van der Waals surface area contributed by atoms with E-state index in [0.29, 0.717) is 24.2 Å². The van der Waals surface area contributed by atoms with Crippen LogP contribution in [0.3, 0.4) is 0 Å². The first-order valence-electron chi connectivity index (χ1n) is 10.8. The Kier molecular flexibility index (Phi) is 6.69. The number of anilines is 2. The zero-order valence-corrected chi connectivity index (χ0v) is 18.1. The minimum absolute atomic E-state index is 0.324. The lowest BCUT2D eigenvalue weighted by Gasteiger charge is -2.22. The van der Waals surface area contributed by atoms with E-state index in [1.165, 1.54) is 7.11 Å². The van der Waals surface area contributed by atoms with Gasteiger partial charge in [0.25, 0.3) is 0 Å². The van der Waals surface area contributed by atoms with Crippen LogP contribution in [0.5, 0.6) is 0 Å². The SMILES string of the molecule is COC(=O)c1ccc(N2CCCC2)c(NC(=O)NCCc2ccn(-c3ccccc3)n2)c1. The van der Waals surface area contributed by atoms with Gasteiger partial charge in [-0.3, -0.25) is 0 Å². The van der Waals surface area contributed by atoms with Crippen LogP contribution in [0.25, 0.3) is 5.69 Å². The van der Waals surface area contributed by atoms with Crippen molar-refractivity contribution in [3.63, 3.8) is 0 Å². The number of esters is 1. The summed E-state index contributed by atoms with van der Waals surface area (Å²) in [5.74, 6) is -0.435. The minimum Gasteiger partial charge on any atom is -0.465 e. The quantitative estimate of drug-likeness (QED) is 0.556. The van der Waals surface area contributed by atoms with Crippen LogP contribution in [0.4, 0.5) is 16.2 Å². The highest BCUT2D eigenvalue weighted by molar-refractivity contribution is 5.97. The summed E-state index contributed by atoms with van der Waals surface area (Å²) >= 11 is 0. The van der Waals surface area contributed by atoms with E-state index in [0.717, 1.165) is 43.0 Å². The molecule has 4 rings (SSSR count). The molecule has 1 aliphatic rings. The summed E-state index contributed by atoms with van der Waals surface area (Å²) in [6.07, 6.45) is 4.74. The maximum atomic E-state index is 12.6. The molecule has 0 saturated carbocycles. The molecular formula is C24H27N5O3. The summed E-state index contributed by atoms with van der Waals surface area (Å²) in [6, 6.07) is 16.8. The molecule has 0 aliphatic carbocycles. The van der Waals surface area contributed by atoms with Crippen LogP contribution in [0.1, 0.15) is 28.9 Å². The number of carbonyl (C=O) groups excluding carboxylic acids is 2. The Labute approximate surface area is 187 Å². The molecule has 1 fully saturated rings. The number of para-hydroxylation sites is 1. The van der Waals surface area contributed by atoms with Crippen molar-refractivity contribution in [3.8, 4) is 5.69 Å². The molecule has 2 aromatic carbocycles. The van der Waals surface area contributed by atoms with Crippen molar-refractivity contribution in [1.82, 2.24) is 15.1 Å². The van der Waals surface area contributed by atoms with Gasteiger partial charge in [0.05, 0.1) is 35.4 Å². The lowest BCUT2D eigenvalue weighted by molar-refractivity contribution is 0.0600. The molecule has 0 radical (unpaired) electrons. The van der Waals surface area contributed by atoms with Gasteiger partial charge in [0.15, 0.2) is 0 Å². The number of amides is 2. The molecule has 2 N–H and O–H groups in total. The van der Waals surface area contributed by atoms with Crippen LogP contribution in [0.2, 0.25) is 0 Å². The molecule has 8 nitrogen and oxygen atoms in total. The summed E-state index contributed by atoms with van der Waals surface area (Å²) < 4.78 is 6.64. The van der Waals surface area contributed by atoms with Crippen LogP contribution in [-0.4, -0.2) is 48.5 Å². The molecule has 0 atom stereocenters. The maximum Gasteiger partial charge on any atom is 0.337 e. The van der Waals surface area contributed by atoms with E-state index < -0.39 is 5.97 Å². The predicted octanol–water partition coefficient (Wildman–Crippen LogP) is 3.62. The van der Waals surface area contributed by atoms with Crippen molar-refractivity contribution in [3.05, 3.63) is 72.1 Å². The second kappa shape index (κ2) is 10.00. The lowest BCUT2D eigenvalue weighted by Crippen LogP contribution is -2.31. The Morgan fingerprint density at radius 1 is 1.06 bits per heavy atom. The molecule has 2 amide bonds. The van der Waals surface area contributed by atoms with Gasteiger partial charge in [-0.05, 0) is 49.2 Å². The molecule has 1 saturated heterocycles. The van der Waals surface area contributed by atoms with Gasteiger partial charge in [0.2, 0.25) is 0 Å². The summed E-state index contributed by atoms with van der Waals surface area (Å²) in [5, 5.41) is 10.3. The van der Waals surface area contributed by atoms with E-state index in [1.54, 1.807) is 12.1 Å². The number of methoxy groups -OCH3 is 1. The summed E-state index contributed by atoms with van der Waals surface area (Å²) in [5.41, 5.74) is 3.79. The zero-order chi connectivity index (χ0) is 22.3. The summed E-state index contributed by atoms with van der Waals surface area (Å²) in [4.78, 5) is 26.7. The molecule has 1 aliphatic heterocycles. The van der Waals surface area contributed by atoms with E-state index in [2.05, 4.69) is 20.6 Å². The molecule has 0 spiro atoms. The maximum absolute atomic E-state index is 12.6.